The van der Waals surface area contributed by atoms with E-state index in [1.165, 1.54) is 6.20 Å². The molecule has 0 radical (unpaired) electrons. The van der Waals surface area contributed by atoms with Gasteiger partial charge in [-0.15, -0.1) is 0 Å². The van der Waals surface area contributed by atoms with Gasteiger partial charge in [-0.1, -0.05) is 28.4 Å². The molecule has 3 aromatic rings. The predicted molar refractivity (Wildman–Crippen MR) is 111 cm³/mol. The molecule has 2 aromatic heterocycles. The first-order valence-corrected chi connectivity index (χ1v) is 10.4. The topological polar surface area (TPSA) is 110 Å². The molecule has 0 unspecified atom stereocenters. The standard InChI is InChI=1S/C21H19Cl2N3O5.Na/c1-10(2)29-20-17(23)7-12(9-24-20)19-25-18(26-31-19)15-4-3-13(8-16(15)22)30-14-5-11(6-14)21(27)28;/h3-4,7-11,14H,5-6H2,1-2H3,(H,27,28);/q;+1/p-1. The second-order valence-corrected chi connectivity index (χ2v) is 8.28. The molecule has 0 aliphatic heterocycles. The van der Waals surface area contributed by atoms with Gasteiger partial charge in [-0.3, -0.25) is 0 Å². The van der Waals surface area contributed by atoms with Gasteiger partial charge >= 0.3 is 29.6 Å². The van der Waals surface area contributed by atoms with Crippen molar-refractivity contribution < 1.29 is 53.5 Å². The van der Waals surface area contributed by atoms with Gasteiger partial charge in [0.05, 0.1) is 22.8 Å². The summed E-state index contributed by atoms with van der Waals surface area (Å²) in [6.45, 7) is 3.76. The Kier molecular flexibility index (Phi) is 8.06. The van der Waals surface area contributed by atoms with E-state index in [2.05, 4.69) is 15.1 Å². The number of nitrogens with zero attached hydrogens (tertiary/aromatic N) is 3. The molecule has 0 atom stereocenters. The summed E-state index contributed by atoms with van der Waals surface area (Å²) in [5.41, 5.74) is 1.10. The predicted octanol–water partition coefficient (Wildman–Crippen LogP) is 0.804. The number of rotatable bonds is 7. The van der Waals surface area contributed by atoms with E-state index in [-0.39, 0.29) is 47.7 Å². The molecule has 11 heteroatoms. The van der Waals surface area contributed by atoms with Crippen LogP contribution >= 0.6 is 23.2 Å². The molecule has 162 valence electrons. The summed E-state index contributed by atoms with van der Waals surface area (Å²) in [6, 6.07) is 6.71. The maximum atomic E-state index is 10.8. The van der Waals surface area contributed by atoms with Crippen LogP contribution in [0.15, 0.2) is 35.0 Å². The summed E-state index contributed by atoms with van der Waals surface area (Å²) >= 11 is 12.6. The summed E-state index contributed by atoms with van der Waals surface area (Å²) < 4.78 is 16.6. The van der Waals surface area contributed by atoms with Gasteiger partial charge < -0.3 is 23.9 Å². The van der Waals surface area contributed by atoms with Crippen LogP contribution in [-0.2, 0) is 4.79 Å². The van der Waals surface area contributed by atoms with Gasteiger partial charge in [0.25, 0.3) is 5.89 Å². The Bertz CT molecular complexity index is 1120. The van der Waals surface area contributed by atoms with Crippen molar-refractivity contribution in [2.24, 2.45) is 5.92 Å². The minimum atomic E-state index is -1.04. The summed E-state index contributed by atoms with van der Waals surface area (Å²) in [6.07, 6.45) is 2.17. The normalized spacial score (nSPS) is 17.4. The number of ether oxygens (including phenoxy) is 2. The molecule has 0 spiro atoms. The number of pyridine rings is 1. The monoisotopic (exact) mass is 485 g/mol. The molecule has 4 rings (SSSR count). The van der Waals surface area contributed by atoms with Gasteiger partial charge in [0, 0.05) is 23.6 Å². The minimum absolute atomic E-state index is 0. The number of carbonyl (C=O) groups is 1. The zero-order chi connectivity index (χ0) is 22.1. The van der Waals surface area contributed by atoms with Crippen LogP contribution in [0.5, 0.6) is 11.6 Å². The molecule has 1 aromatic carbocycles. The third kappa shape index (κ3) is 5.55. The Hall–Kier alpha value is -1.84. The average molecular weight is 486 g/mol. The fourth-order valence-electron chi connectivity index (χ4n) is 3.10. The molecule has 0 N–H and O–H groups in total. The minimum Gasteiger partial charge on any atom is -0.550 e. The number of benzene rings is 1. The summed E-state index contributed by atoms with van der Waals surface area (Å²) in [5.74, 6) is -0.0936. The van der Waals surface area contributed by atoms with Gasteiger partial charge in [-0.05, 0) is 51.0 Å². The largest absolute Gasteiger partial charge is 1.00 e. The SMILES string of the molecule is CC(C)Oc1ncc(-c2nc(-c3ccc(OC4CC(C(=O)[O-])C4)cc3Cl)no2)cc1Cl.[Na+]. The maximum Gasteiger partial charge on any atom is 1.00 e. The fraction of sp³-hybridized carbons (Fsp3) is 0.333. The Morgan fingerprint density at radius 2 is 1.97 bits per heavy atom. The van der Waals surface area contributed by atoms with E-state index in [1.54, 1.807) is 24.3 Å². The molecule has 8 nitrogen and oxygen atoms in total. The van der Waals surface area contributed by atoms with Gasteiger partial charge in [0.1, 0.15) is 10.8 Å². The first-order valence-electron chi connectivity index (χ1n) is 9.64. The van der Waals surface area contributed by atoms with Crippen molar-refractivity contribution in [3.63, 3.8) is 0 Å². The van der Waals surface area contributed by atoms with Crippen molar-refractivity contribution in [3.8, 4) is 34.5 Å². The van der Waals surface area contributed by atoms with E-state index in [1.807, 2.05) is 13.8 Å². The number of hydrogen-bond acceptors (Lipinski definition) is 8. The molecule has 1 aliphatic rings. The van der Waals surface area contributed by atoms with Crippen molar-refractivity contribution in [2.45, 2.75) is 38.9 Å². The summed E-state index contributed by atoms with van der Waals surface area (Å²) in [4.78, 5) is 19.4. The van der Waals surface area contributed by atoms with Crippen LogP contribution in [0, 0.1) is 5.92 Å². The number of halogens is 2. The zero-order valence-corrected chi connectivity index (χ0v) is 21.2. The van der Waals surface area contributed by atoms with Crippen molar-refractivity contribution in [3.05, 3.63) is 40.5 Å². The number of aliphatic carboxylic acids is 1. The molecule has 0 bridgehead atoms. The molecular formula is C21H18Cl2N3NaO5. The maximum absolute atomic E-state index is 10.8. The van der Waals surface area contributed by atoms with Gasteiger partial charge in [-0.2, -0.15) is 4.98 Å². The molecule has 0 saturated heterocycles. The first-order chi connectivity index (χ1) is 14.8. The smallest absolute Gasteiger partial charge is 0.550 e. The Labute approximate surface area is 216 Å². The van der Waals surface area contributed by atoms with Gasteiger partial charge in [0.15, 0.2) is 0 Å². The summed E-state index contributed by atoms with van der Waals surface area (Å²) in [7, 11) is 0. The van der Waals surface area contributed by atoms with Crippen molar-refractivity contribution >= 4 is 29.2 Å². The van der Waals surface area contributed by atoms with Crippen LogP contribution in [0.4, 0.5) is 0 Å². The van der Waals surface area contributed by atoms with Crippen LogP contribution in [0.25, 0.3) is 22.8 Å². The van der Waals surface area contributed by atoms with Crippen molar-refractivity contribution in [2.75, 3.05) is 0 Å². The van der Waals surface area contributed by atoms with Crippen LogP contribution in [0.2, 0.25) is 10.0 Å². The second kappa shape index (κ2) is 10.4. The molecule has 0 amide bonds. The van der Waals surface area contributed by atoms with E-state index in [9.17, 15) is 9.90 Å². The molecular weight excluding hydrogens is 468 g/mol. The van der Waals surface area contributed by atoms with E-state index < -0.39 is 11.9 Å². The molecule has 1 fully saturated rings. The Morgan fingerprint density at radius 3 is 2.59 bits per heavy atom. The van der Waals surface area contributed by atoms with Crippen molar-refractivity contribution in [1.29, 1.82) is 0 Å². The molecule has 1 aliphatic carbocycles. The molecule has 32 heavy (non-hydrogen) atoms. The quantitative estimate of drug-likeness (QED) is 0.452. The number of carbonyl (C=O) groups excluding carboxylic acids is 1. The fourth-order valence-corrected chi connectivity index (χ4v) is 3.57. The second-order valence-electron chi connectivity index (χ2n) is 7.47. The number of hydrogen-bond donors (Lipinski definition) is 0. The first kappa shape index (κ1) is 24.8. The zero-order valence-electron chi connectivity index (χ0n) is 17.7. The Morgan fingerprint density at radius 1 is 1.22 bits per heavy atom. The number of carboxylic acids is 1. The van der Waals surface area contributed by atoms with E-state index >= 15 is 0 Å². The molecule has 2 heterocycles. The summed E-state index contributed by atoms with van der Waals surface area (Å²) in [5, 5.41) is 15.5. The van der Waals surface area contributed by atoms with Crippen LogP contribution in [-0.4, -0.2) is 33.3 Å². The van der Waals surface area contributed by atoms with Crippen LogP contribution < -0.4 is 44.1 Å². The Balaban J connectivity index is 0.00000289. The third-order valence-electron chi connectivity index (χ3n) is 4.74. The molecule has 1 saturated carbocycles. The van der Waals surface area contributed by atoms with Crippen molar-refractivity contribution in [1.82, 2.24) is 15.1 Å². The average Bonchev–Trinajstić information content (AvgIpc) is 3.15. The number of carboxylic acid groups (broad SMARTS) is 1. The van der Waals surface area contributed by atoms with E-state index in [0.29, 0.717) is 51.5 Å². The third-order valence-corrected chi connectivity index (χ3v) is 5.32. The number of aromatic nitrogens is 3. The van der Waals surface area contributed by atoms with E-state index in [0.717, 1.165) is 0 Å². The van der Waals surface area contributed by atoms with Crippen LogP contribution in [0.1, 0.15) is 26.7 Å². The van der Waals surface area contributed by atoms with Gasteiger partial charge in [-0.25, -0.2) is 4.98 Å². The van der Waals surface area contributed by atoms with E-state index in [4.69, 9.17) is 37.2 Å². The van der Waals surface area contributed by atoms with Gasteiger partial charge in [0.2, 0.25) is 11.7 Å². The van der Waals surface area contributed by atoms with Crippen LogP contribution in [0.3, 0.4) is 0 Å².